The van der Waals surface area contributed by atoms with Gasteiger partial charge in [-0.15, -0.1) is 0 Å². The molecule has 0 atom stereocenters. The molecule has 0 aromatic carbocycles. The zero-order valence-corrected chi connectivity index (χ0v) is 10.6. The van der Waals surface area contributed by atoms with Crippen LogP contribution in [0.4, 0.5) is 5.95 Å². The standard InChI is InChI=1S/C13H21N3O/c1-10(2)12-3-5-16(6-4-12)13-14-7-11(9-17)8-15-13/h7-8,10,12,17H,3-6,9H2,1-2H3. The molecule has 17 heavy (non-hydrogen) atoms. The van der Waals surface area contributed by atoms with Crippen LogP contribution in [0.15, 0.2) is 12.4 Å². The third kappa shape index (κ3) is 2.94. The van der Waals surface area contributed by atoms with E-state index in [1.165, 1.54) is 12.8 Å². The molecule has 2 rings (SSSR count). The average molecular weight is 235 g/mol. The third-order valence-corrected chi connectivity index (χ3v) is 3.64. The topological polar surface area (TPSA) is 49.2 Å². The van der Waals surface area contributed by atoms with Gasteiger partial charge in [-0.3, -0.25) is 0 Å². The lowest BCUT2D eigenvalue weighted by atomic mass is 9.87. The first-order chi connectivity index (χ1) is 8.20. The Morgan fingerprint density at radius 3 is 2.35 bits per heavy atom. The Hall–Kier alpha value is -1.16. The second-order valence-electron chi connectivity index (χ2n) is 5.12. The summed E-state index contributed by atoms with van der Waals surface area (Å²) in [6, 6.07) is 0. The summed E-state index contributed by atoms with van der Waals surface area (Å²) >= 11 is 0. The number of hydrogen-bond acceptors (Lipinski definition) is 4. The number of nitrogens with zero attached hydrogens (tertiary/aromatic N) is 3. The molecule has 94 valence electrons. The van der Waals surface area contributed by atoms with E-state index in [1.54, 1.807) is 12.4 Å². The number of rotatable bonds is 3. The molecule has 0 radical (unpaired) electrons. The van der Waals surface area contributed by atoms with Crippen molar-refractivity contribution in [2.45, 2.75) is 33.3 Å². The number of anilines is 1. The minimum absolute atomic E-state index is 0.00963. The second-order valence-corrected chi connectivity index (χ2v) is 5.12. The van der Waals surface area contributed by atoms with Gasteiger partial charge in [0.1, 0.15) is 0 Å². The zero-order valence-electron chi connectivity index (χ0n) is 10.6. The van der Waals surface area contributed by atoms with Gasteiger partial charge < -0.3 is 10.0 Å². The van der Waals surface area contributed by atoms with Gasteiger partial charge in [-0.1, -0.05) is 13.8 Å². The lowest BCUT2D eigenvalue weighted by molar-refractivity contribution is 0.280. The molecule has 1 N–H and O–H groups in total. The lowest BCUT2D eigenvalue weighted by Gasteiger charge is -2.33. The molecule has 0 aliphatic carbocycles. The number of hydrogen-bond donors (Lipinski definition) is 1. The number of aliphatic hydroxyl groups is 1. The van der Waals surface area contributed by atoms with Crippen LogP contribution in [0.2, 0.25) is 0 Å². The first-order valence-electron chi connectivity index (χ1n) is 6.37. The Morgan fingerprint density at radius 1 is 1.29 bits per heavy atom. The highest BCUT2D eigenvalue weighted by molar-refractivity contribution is 5.30. The molecule has 1 saturated heterocycles. The average Bonchev–Trinajstić information content (AvgIpc) is 2.39. The van der Waals surface area contributed by atoms with Gasteiger partial charge in [0, 0.05) is 31.0 Å². The quantitative estimate of drug-likeness (QED) is 0.868. The van der Waals surface area contributed by atoms with E-state index in [2.05, 4.69) is 28.7 Å². The molecular weight excluding hydrogens is 214 g/mol. The Balaban J connectivity index is 1.95. The maximum Gasteiger partial charge on any atom is 0.225 e. The van der Waals surface area contributed by atoms with E-state index in [9.17, 15) is 0 Å². The van der Waals surface area contributed by atoms with E-state index in [1.807, 2.05) is 0 Å². The van der Waals surface area contributed by atoms with E-state index in [4.69, 9.17) is 5.11 Å². The maximum atomic E-state index is 8.94. The molecule has 2 heterocycles. The fourth-order valence-corrected chi connectivity index (χ4v) is 2.36. The highest BCUT2D eigenvalue weighted by atomic mass is 16.3. The van der Waals surface area contributed by atoms with Crippen molar-refractivity contribution < 1.29 is 5.11 Å². The number of aliphatic hydroxyl groups excluding tert-OH is 1. The van der Waals surface area contributed by atoms with Crippen molar-refractivity contribution in [3.05, 3.63) is 18.0 Å². The van der Waals surface area contributed by atoms with Crippen LogP contribution in [0, 0.1) is 11.8 Å². The molecule has 4 heteroatoms. The van der Waals surface area contributed by atoms with Gasteiger partial charge in [0.15, 0.2) is 0 Å². The Bertz CT molecular complexity index is 342. The molecule has 1 aliphatic heterocycles. The van der Waals surface area contributed by atoms with Crippen LogP contribution in [0.3, 0.4) is 0 Å². The first-order valence-corrected chi connectivity index (χ1v) is 6.37. The normalized spacial score (nSPS) is 17.8. The molecule has 4 nitrogen and oxygen atoms in total. The Kier molecular flexibility index (Phi) is 3.94. The minimum atomic E-state index is 0.00963. The molecule has 0 bridgehead atoms. The summed E-state index contributed by atoms with van der Waals surface area (Å²) in [4.78, 5) is 10.8. The maximum absolute atomic E-state index is 8.94. The van der Waals surface area contributed by atoms with Crippen molar-refractivity contribution in [1.29, 1.82) is 0 Å². The predicted molar refractivity (Wildman–Crippen MR) is 67.7 cm³/mol. The fraction of sp³-hybridized carbons (Fsp3) is 0.692. The summed E-state index contributed by atoms with van der Waals surface area (Å²) in [6.45, 7) is 6.69. The monoisotopic (exact) mass is 235 g/mol. The molecule has 0 amide bonds. The van der Waals surface area contributed by atoms with Gasteiger partial charge in [0.05, 0.1) is 6.61 Å². The van der Waals surface area contributed by atoms with Gasteiger partial charge in [-0.05, 0) is 24.7 Å². The number of aromatic nitrogens is 2. The van der Waals surface area contributed by atoms with Crippen LogP contribution < -0.4 is 4.90 Å². The SMILES string of the molecule is CC(C)C1CCN(c2ncc(CO)cn2)CC1. The summed E-state index contributed by atoms with van der Waals surface area (Å²) < 4.78 is 0. The molecule has 0 spiro atoms. The van der Waals surface area contributed by atoms with Gasteiger partial charge in [0.2, 0.25) is 5.95 Å². The smallest absolute Gasteiger partial charge is 0.225 e. The van der Waals surface area contributed by atoms with Gasteiger partial charge >= 0.3 is 0 Å². The van der Waals surface area contributed by atoms with Crippen molar-refractivity contribution in [1.82, 2.24) is 9.97 Å². The van der Waals surface area contributed by atoms with E-state index in [0.717, 1.165) is 36.4 Å². The highest BCUT2D eigenvalue weighted by Gasteiger charge is 2.22. The minimum Gasteiger partial charge on any atom is -0.392 e. The second kappa shape index (κ2) is 5.45. The summed E-state index contributed by atoms with van der Waals surface area (Å²) in [6.07, 6.45) is 5.86. The van der Waals surface area contributed by atoms with Crippen molar-refractivity contribution in [2.24, 2.45) is 11.8 Å². The van der Waals surface area contributed by atoms with E-state index in [0.29, 0.717) is 0 Å². The van der Waals surface area contributed by atoms with Crippen molar-refractivity contribution in [2.75, 3.05) is 18.0 Å². The molecule has 0 saturated carbocycles. The van der Waals surface area contributed by atoms with E-state index >= 15 is 0 Å². The molecular formula is C13H21N3O. The van der Waals surface area contributed by atoms with Crippen LogP contribution >= 0.6 is 0 Å². The van der Waals surface area contributed by atoms with Gasteiger partial charge in [0.25, 0.3) is 0 Å². The molecule has 1 aliphatic rings. The predicted octanol–water partition coefficient (Wildman–Crippen LogP) is 1.84. The Morgan fingerprint density at radius 2 is 1.88 bits per heavy atom. The van der Waals surface area contributed by atoms with Crippen molar-refractivity contribution >= 4 is 5.95 Å². The largest absolute Gasteiger partial charge is 0.392 e. The molecule has 0 unspecified atom stereocenters. The molecule has 1 aromatic heterocycles. The van der Waals surface area contributed by atoms with E-state index in [-0.39, 0.29) is 6.61 Å². The Labute approximate surface area is 103 Å². The third-order valence-electron chi connectivity index (χ3n) is 3.64. The fourth-order valence-electron chi connectivity index (χ4n) is 2.36. The summed E-state index contributed by atoms with van der Waals surface area (Å²) in [5.74, 6) is 2.40. The van der Waals surface area contributed by atoms with Crippen molar-refractivity contribution in [3.8, 4) is 0 Å². The van der Waals surface area contributed by atoms with Crippen LogP contribution in [-0.4, -0.2) is 28.2 Å². The molecule has 1 aromatic rings. The van der Waals surface area contributed by atoms with Crippen LogP contribution in [0.1, 0.15) is 32.3 Å². The first kappa shape index (κ1) is 12.3. The van der Waals surface area contributed by atoms with Gasteiger partial charge in [-0.25, -0.2) is 9.97 Å². The van der Waals surface area contributed by atoms with E-state index < -0.39 is 0 Å². The van der Waals surface area contributed by atoms with Gasteiger partial charge in [-0.2, -0.15) is 0 Å². The molecule has 1 fully saturated rings. The number of piperidine rings is 1. The van der Waals surface area contributed by atoms with Crippen LogP contribution in [0.5, 0.6) is 0 Å². The highest BCUT2D eigenvalue weighted by Crippen LogP contribution is 2.25. The summed E-state index contributed by atoms with van der Waals surface area (Å²) in [5.41, 5.74) is 0.769. The summed E-state index contributed by atoms with van der Waals surface area (Å²) in [7, 11) is 0. The lowest BCUT2D eigenvalue weighted by Crippen LogP contribution is -2.36. The zero-order chi connectivity index (χ0) is 12.3. The van der Waals surface area contributed by atoms with Crippen LogP contribution in [0.25, 0.3) is 0 Å². The van der Waals surface area contributed by atoms with Crippen LogP contribution in [-0.2, 0) is 6.61 Å². The van der Waals surface area contributed by atoms with Crippen molar-refractivity contribution in [3.63, 3.8) is 0 Å². The summed E-state index contributed by atoms with van der Waals surface area (Å²) in [5, 5.41) is 8.94.